The molecule has 0 spiro atoms. The number of hydrogen-bond donors (Lipinski definition) is 1. The summed E-state index contributed by atoms with van der Waals surface area (Å²) in [4.78, 5) is 0. The molecule has 1 unspecified atom stereocenters. The summed E-state index contributed by atoms with van der Waals surface area (Å²) in [5.74, 6) is 0.928. The molecule has 0 amide bonds. The Kier molecular flexibility index (Phi) is 5.06. The van der Waals surface area contributed by atoms with Gasteiger partial charge in [0, 0.05) is 6.04 Å². The van der Waals surface area contributed by atoms with Gasteiger partial charge in [-0.05, 0) is 45.0 Å². The van der Waals surface area contributed by atoms with E-state index >= 15 is 0 Å². The van der Waals surface area contributed by atoms with Gasteiger partial charge in [0.2, 0.25) is 0 Å². The summed E-state index contributed by atoms with van der Waals surface area (Å²) in [6, 6.07) is 8.53. The van der Waals surface area contributed by atoms with Crippen molar-refractivity contribution in [1.82, 2.24) is 5.32 Å². The van der Waals surface area contributed by atoms with Crippen molar-refractivity contribution in [1.29, 1.82) is 0 Å². The predicted octanol–water partition coefficient (Wildman–Crippen LogP) is 3.31. The van der Waals surface area contributed by atoms with Gasteiger partial charge in [-0.15, -0.1) is 6.58 Å². The summed E-state index contributed by atoms with van der Waals surface area (Å²) in [5.41, 5.74) is 1.24. The fourth-order valence-corrected chi connectivity index (χ4v) is 1.66. The van der Waals surface area contributed by atoms with E-state index in [2.05, 4.69) is 24.0 Å². The Balaban J connectivity index is 2.83. The summed E-state index contributed by atoms with van der Waals surface area (Å²) < 4.78 is 5.67. The standard InChI is InChI=1S/C14H21NO/c1-5-7-14(15-4)12-8-6-9-13(10-12)16-11(2)3/h5-6,8-11,14-15H,1,7H2,2-4H3. The summed E-state index contributed by atoms with van der Waals surface area (Å²) in [7, 11) is 1.96. The number of rotatable bonds is 6. The van der Waals surface area contributed by atoms with Crippen LogP contribution in [0.15, 0.2) is 36.9 Å². The Bertz CT molecular complexity index is 333. The zero-order chi connectivity index (χ0) is 12.0. The SMILES string of the molecule is C=CCC(NC)c1cccc(OC(C)C)c1. The van der Waals surface area contributed by atoms with Crippen molar-refractivity contribution in [2.45, 2.75) is 32.4 Å². The van der Waals surface area contributed by atoms with Gasteiger partial charge in [0.15, 0.2) is 0 Å². The predicted molar refractivity (Wildman–Crippen MR) is 68.8 cm³/mol. The second-order valence-corrected chi connectivity index (χ2v) is 4.10. The van der Waals surface area contributed by atoms with E-state index in [1.54, 1.807) is 0 Å². The first kappa shape index (κ1) is 12.8. The zero-order valence-corrected chi connectivity index (χ0v) is 10.4. The van der Waals surface area contributed by atoms with Crippen LogP contribution in [0.25, 0.3) is 0 Å². The Labute approximate surface area is 98.3 Å². The van der Waals surface area contributed by atoms with Crippen molar-refractivity contribution >= 4 is 0 Å². The average molecular weight is 219 g/mol. The molecular weight excluding hydrogens is 198 g/mol. The van der Waals surface area contributed by atoms with Gasteiger partial charge in [0.05, 0.1) is 6.10 Å². The van der Waals surface area contributed by atoms with Crippen LogP contribution in [-0.4, -0.2) is 13.2 Å². The third-order valence-electron chi connectivity index (χ3n) is 2.38. The molecule has 0 radical (unpaired) electrons. The number of ether oxygens (including phenoxy) is 1. The molecule has 0 saturated carbocycles. The molecule has 1 rings (SSSR count). The second-order valence-electron chi connectivity index (χ2n) is 4.10. The van der Waals surface area contributed by atoms with Gasteiger partial charge in [-0.25, -0.2) is 0 Å². The Morgan fingerprint density at radius 3 is 2.75 bits per heavy atom. The van der Waals surface area contributed by atoms with Crippen molar-refractivity contribution < 1.29 is 4.74 Å². The molecule has 1 aromatic rings. The third kappa shape index (κ3) is 3.70. The maximum atomic E-state index is 5.67. The first-order valence-corrected chi connectivity index (χ1v) is 5.72. The molecule has 88 valence electrons. The molecule has 0 aliphatic carbocycles. The zero-order valence-electron chi connectivity index (χ0n) is 10.4. The van der Waals surface area contributed by atoms with Crippen LogP contribution in [0.1, 0.15) is 31.9 Å². The molecular formula is C14H21NO. The number of benzene rings is 1. The molecule has 16 heavy (non-hydrogen) atoms. The van der Waals surface area contributed by atoms with E-state index in [1.807, 2.05) is 39.1 Å². The Hall–Kier alpha value is -1.28. The van der Waals surface area contributed by atoms with Crippen molar-refractivity contribution in [2.24, 2.45) is 0 Å². The summed E-state index contributed by atoms with van der Waals surface area (Å²) in [5, 5.41) is 3.27. The summed E-state index contributed by atoms with van der Waals surface area (Å²) in [6.45, 7) is 7.84. The van der Waals surface area contributed by atoms with E-state index in [1.165, 1.54) is 5.56 Å². The minimum Gasteiger partial charge on any atom is -0.491 e. The third-order valence-corrected chi connectivity index (χ3v) is 2.38. The van der Waals surface area contributed by atoms with Crippen LogP contribution in [0.5, 0.6) is 5.75 Å². The molecule has 0 aromatic heterocycles. The fourth-order valence-electron chi connectivity index (χ4n) is 1.66. The van der Waals surface area contributed by atoms with Crippen LogP contribution in [0.4, 0.5) is 0 Å². The van der Waals surface area contributed by atoms with Crippen LogP contribution < -0.4 is 10.1 Å². The highest BCUT2D eigenvalue weighted by Crippen LogP contribution is 2.22. The molecule has 0 heterocycles. The van der Waals surface area contributed by atoms with Crippen LogP contribution in [0.2, 0.25) is 0 Å². The highest BCUT2D eigenvalue weighted by Gasteiger charge is 2.08. The normalized spacial score (nSPS) is 12.5. The molecule has 2 heteroatoms. The van der Waals surface area contributed by atoms with Crippen molar-refractivity contribution in [3.8, 4) is 5.75 Å². The van der Waals surface area contributed by atoms with Gasteiger partial charge in [0.25, 0.3) is 0 Å². The fraction of sp³-hybridized carbons (Fsp3) is 0.429. The molecule has 1 aromatic carbocycles. The van der Waals surface area contributed by atoms with Crippen LogP contribution >= 0.6 is 0 Å². The van der Waals surface area contributed by atoms with Crippen molar-refractivity contribution in [3.05, 3.63) is 42.5 Å². The van der Waals surface area contributed by atoms with E-state index < -0.39 is 0 Å². The van der Waals surface area contributed by atoms with Crippen LogP contribution in [0.3, 0.4) is 0 Å². The molecule has 0 bridgehead atoms. The van der Waals surface area contributed by atoms with Gasteiger partial charge in [-0.3, -0.25) is 0 Å². The first-order chi connectivity index (χ1) is 7.67. The lowest BCUT2D eigenvalue weighted by atomic mass is 10.0. The van der Waals surface area contributed by atoms with Gasteiger partial charge >= 0.3 is 0 Å². The van der Waals surface area contributed by atoms with E-state index in [-0.39, 0.29) is 6.10 Å². The molecule has 1 N–H and O–H groups in total. The maximum Gasteiger partial charge on any atom is 0.120 e. The van der Waals surface area contributed by atoms with Crippen molar-refractivity contribution in [3.63, 3.8) is 0 Å². The molecule has 0 aliphatic rings. The van der Waals surface area contributed by atoms with Crippen molar-refractivity contribution in [2.75, 3.05) is 7.05 Å². The quantitative estimate of drug-likeness (QED) is 0.741. The Morgan fingerprint density at radius 2 is 2.19 bits per heavy atom. The number of nitrogens with one attached hydrogen (secondary N) is 1. The monoisotopic (exact) mass is 219 g/mol. The van der Waals surface area contributed by atoms with Gasteiger partial charge in [-0.1, -0.05) is 18.2 Å². The van der Waals surface area contributed by atoms with E-state index in [0.29, 0.717) is 6.04 Å². The lowest BCUT2D eigenvalue weighted by Gasteiger charge is -2.16. The van der Waals surface area contributed by atoms with E-state index in [0.717, 1.165) is 12.2 Å². The first-order valence-electron chi connectivity index (χ1n) is 5.72. The number of hydrogen-bond acceptors (Lipinski definition) is 2. The second kappa shape index (κ2) is 6.33. The lowest BCUT2D eigenvalue weighted by Crippen LogP contribution is -2.15. The summed E-state index contributed by atoms with van der Waals surface area (Å²) in [6.07, 6.45) is 3.06. The van der Waals surface area contributed by atoms with E-state index in [4.69, 9.17) is 4.74 Å². The van der Waals surface area contributed by atoms with Crippen LogP contribution in [-0.2, 0) is 0 Å². The van der Waals surface area contributed by atoms with Gasteiger partial charge in [0.1, 0.15) is 5.75 Å². The lowest BCUT2D eigenvalue weighted by molar-refractivity contribution is 0.242. The minimum absolute atomic E-state index is 0.211. The van der Waals surface area contributed by atoms with Crippen LogP contribution in [0, 0.1) is 0 Å². The largest absolute Gasteiger partial charge is 0.491 e. The van der Waals surface area contributed by atoms with Gasteiger partial charge < -0.3 is 10.1 Å². The molecule has 0 fully saturated rings. The molecule has 0 saturated heterocycles. The smallest absolute Gasteiger partial charge is 0.120 e. The topological polar surface area (TPSA) is 21.3 Å². The minimum atomic E-state index is 0.211. The van der Waals surface area contributed by atoms with E-state index in [9.17, 15) is 0 Å². The molecule has 2 nitrogen and oxygen atoms in total. The highest BCUT2D eigenvalue weighted by atomic mass is 16.5. The highest BCUT2D eigenvalue weighted by molar-refractivity contribution is 5.31. The van der Waals surface area contributed by atoms with Gasteiger partial charge in [-0.2, -0.15) is 0 Å². The molecule has 0 aliphatic heterocycles. The summed E-state index contributed by atoms with van der Waals surface area (Å²) >= 11 is 0. The maximum absolute atomic E-state index is 5.67. The average Bonchev–Trinajstić information content (AvgIpc) is 2.25. The molecule has 1 atom stereocenters. The Morgan fingerprint density at radius 1 is 1.44 bits per heavy atom.